The van der Waals surface area contributed by atoms with Gasteiger partial charge in [-0.3, -0.25) is 0 Å². The van der Waals surface area contributed by atoms with Gasteiger partial charge >= 0.3 is 0 Å². The van der Waals surface area contributed by atoms with Gasteiger partial charge in [-0.15, -0.1) is 0 Å². The highest BCUT2D eigenvalue weighted by Crippen LogP contribution is 2.37. The highest BCUT2D eigenvalue weighted by Gasteiger charge is 2.26. The molecule has 1 aliphatic rings. The first-order valence-electron chi connectivity index (χ1n) is 10.4. The predicted octanol–water partition coefficient (Wildman–Crippen LogP) is 5.30. The number of aryl methyl sites for hydroxylation is 1. The third kappa shape index (κ3) is 3.44. The van der Waals surface area contributed by atoms with E-state index < -0.39 is 0 Å². The molecule has 5 rings (SSSR count). The number of benzene rings is 3. The van der Waals surface area contributed by atoms with Gasteiger partial charge in [0.05, 0.1) is 13.2 Å². The number of aromatic amines is 1. The number of methoxy groups -OCH3 is 1. The summed E-state index contributed by atoms with van der Waals surface area (Å²) >= 11 is 0. The maximum absolute atomic E-state index is 6.03. The summed E-state index contributed by atoms with van der Waals surface area (Å²) in [6.45, 7) is 3.62. The third-order valence-corrected chi connectivity index (χ3v) is 5.86. The molecule has 0 amide bonds. The lowest BCUT2D eigenvalue weighted by atomic mass is 9.94. The van der Waals surface area contributed by atoms with Crippen molar-refractivity contribution in [2.45, 2.75) is 26.0 Å². The van der Waals surface area contributed by atoms with Crippen LogP contribution in [0.25, 0.3) is 10.9 Å². The first-order chi connectivity index (χ1) is 14.7. The van der Waals surface area contributed by atoms with Crippen molar-refractivity contribution in [2.75, 3.05) is 13.7 Å². The third-order valence-electron chi connectivity index (χ3n) is 5.86. The van der Waals surface area contributed by atoms with E-state index in [4.69, 9.17) is 9.47 Å². The Balaban J connectivity index is 1.46. The van der Waals surface area contributed by atoms with E-state index in [9.17, 15) is 0 Å². The molecule has 1 atom stereocenters. The second-order valence-corrected chi connectivity index (χ2v) is 7.89. The van der Waals surface area contributed by atoms with Crippen LogP contribution >= 0.6 is 0 Å². The van der Waals surface area contributed by atoms with Crippen LogP contribution in [0.3, 0.4) is 0 Å². The fourth-order valence-electron chi connectivity index (χ4n) is 4.34. The molecule has 1 unspecified atom stereocenters. The Morgan fingerprint density at radius 3 is 2.67 bits per heavy atom. The summed E-state index contributed by atoms with van der Waals surface area (Å²) in [6.07, 6.45) is 1.03. The standard InChI is InChI=1S/C26H26N2O2/c1-17-8-10-22-21(14-17)20-12-13-27-25(26(20)28-22)19-9-11-23(24(15-19)29-2)30-16-18-6-4-3-5-7-18/h3-11,14-15,25,27-28H,12-13,16H2,1-2H3. The maximum Gasteiger partial charge on any atom is 0.161 e. The van der Waals surface area contributed by atoms with Crippen molar-refractivity contribution < 1.29 is 9.47 Å². The lowest BCUT2D eigenvalue weighted by Crippen LogP contribution is -2.30. The number of hydrogen-bond acceptors (Lipinski definition) is 3. The van der Waals surface area contributed by atoms with Gasteiger partial charge in [-0.1, -0.05) is 48.0 Å². The summed E-state index contributed by atoms with van der Waals surface area (Å²) in [7, 11) is 1.69. The molecule has 0 bridgehead atoms. The molecule has 0 saturated heterocycles. The van der Waals surface area contributed by atoms with Crippen molar-refractivity contribution in [3.8, 4) is 11.5 Å². The van der Waals surface area contributed by atoms with Crippen LogP contribution in [-0.2, 0) is 13.0 Å². The number of fused-ring (bicyclic) bond motifs is 3. The van der Waals surface area contributed by atoms with Crippen molar-refractivity contribution in [2.24, 2.45) is 0 Å². The van der Waals surface area contributed by atoms with Crippen LogP contribution in [0.1, 0.15) is 34.0 Å². The van der Waals surface area contributed by atoms with Crippen LogP contribution in [0.15, 0.2) is 66.7 Å². The van der Waals surface area contributed by atoms with Crippen molar-refractivity contribution in [3.05, 3.63) is 94.7 Å². The number of ether oxygens (including phenoxy) is 2. The van der Waals surface area contributed by atoms with E-state index in [1.165, 1.54) is 33.3 Å². The van der Waals surface area contributed by atoms with Crippen LogP contribution < -0.4 is 14.8 Å². The summed E-state index contributed by atoms with van der Waals surface area (Å²) in [5.41, 5.74) is 7.47. The Bertz CT molecular complexity index is 1180. The van der Waals surface area contributed by atoms with E-state index in [1.807, 2.05) is 24.3 Å². The summed E-state index contributed by atoms with van der Waals surface area (Å²) in [6, 6.07) is 23.1. The molecule has 1 aromatic heterocycles. The normalized spacial score (nSPS) is 15.7. The van der Waals surface area contributed by atoms with Gasteiger partial charge in [0, 0.05) is 23.1 Å². The van der Waals surface area contributed by atoms with E-state index in [0.717, 1.165) is 30.0 Å². The van der Waals surface area contributed by atoms with E-state index in [1.54, 1.807) is 7.11 Å². The van der Waals surface area contributed by atoms with E-state index in [0.29, 0.717) is 6.61 Å². The monoisotopic (exact) mass is 398 g/mol. The molecule has 4 heteroatoms. The minimum Gasteiger partial charge on any atom is -0.493 e. The zero-order chi connectivity index (χ0) is 20.5. The van der Waals surface area contributed by atoms with Crippen molar-refractivity contribution in [1.82, 2.24) is 10.3 Å². The molecule has 0 saturated carbocycles. The average Bonchev–Trinajstić information content (AvgIpc) is 3.16. The van der Waals surface area contributed by atoms with Gasteiger partial charge in [0.2, 0.25) is 0 Å². The van der Waals surface area contributed by atoms with Gasteiger partial charge in [0.25, 0.3) is 0 Å². The molecule has 4 aromatic rings. The molecule has 2 heterocycles. The molecule has 3 aromatic carbocycles. The van der Waals surface area contributed by atoms with Crippen LogP contribution in [0, 0.1) is 6.92 Å². The minimum atomic E-state index is 0.110. The Morgan fingerprint density at radius 2 is 1.83 bits per heavy atom. The largest absolute Gasteiger partial charge is 0.493 e. The second-order valence-electron chi connectivity index (χ2n) is 7.89. The molecular weight excluding hydrogens is 372 g/mol. The van der Waals surface area contributed by atoms with Crippen molar-refractivity contribution in [1.29, 1.82) is 0 Å². The smallest absolute Gasteiger partial charge is 0.161 e. The van der Waals surface area contributed by atoms with Gasteiger partial charge in [0.15, 0.2) is 11.5 Å². The average molecular weight is 399 g/mol. The van der Waals surface area contributed by atoms with E-state index in [2.05, 4.69) is 59.7 Å². The van der Waals surface area contributed by atoms with Crippen LogP contribution in [0.4, 0.5) is 0 Å². The summed E-state index contributed by atoms with van der Waals surface area (Å²) in [5.74, 6) is 1.51. The fourth-order valence-corrected chi connectivity index (χ4v) is 4.34. The molecule has 4 nitrogen and oxygen atoms in total. The molecule has 1 aliphatic heterocycles. The highest BCUT2D eigenvalue weighted by atomic mass is 16.5. The minimum absolute atomic E-state index is 0.110. The molecule has 0 aliphatic carbocycles. The molecule has 2 N–H and O–H groups in total. The van der Waals surface area contributed by atoms with Crippen molar-refractivity contribution in [3.63, 3.8) is 0 Å². The topological polar surface area (TPSA) is 46.3 Å². The van der Waals surface area contributed by atoms with Gasteiger partial charge in [-0.25, -0.2) is 0 Å². The van der Waals surface area contributed by atoms with Crippen LogP contribution in [0.5, 0.6) is 11.5 Å². The first kappa shape index (κ1) is 18.8. The number of rotatable bonds is 5. The van der Waals surface area contributed by atoms with Crippen LogP contribution in [-0.4, -0.2) is 18.6 Å². The number of hydrogen-bond donors (Lipinski definition) is 2. The van der Waals surface area contributed by atoms with Gasteiger partial charge < -0.3 is 19.8 Å². The highest BCUT2D eigenvalue weighted by molar-refractivity contribution is 5.86. The molecule has 152 valence electrons. The summed E-state index contributed by atoms with van der Waals surface area (Å²) in [4.78, 5) is 3.66. The number of aromatic nitrogens is 1. The summed E-state index contributed by atoms with van der Waals surface area (Å²) in [5, 5.41) is 5.01. The molecule has 0 radical (unpaired) electrons. The van der Waals surface area contributed by atoms with Gasteiger partial charge in [-0.2, -0.15) is 0 Å². The van der Waals surface area contributed by atoms with Crippen molar-refractivity contribution >= 4 is 10.9 Å². The number of H-pyrrole nitrogens is 1. The van der Waals surface area contributed by atoms with Gasteiger partial charge in [0.1, 0.15) is 6.61 Å². The Kier molecular flexibility index (Phi) is 4.93. The quantitative estimate of drug-likeness (QED) is 0.480. The van der Waals surface area contributed by atoms with E-state index in [-0.39, 0.29) is 6.04 Å². The lowest BCUT2D eigenvalue weighted by Gasteiger charge is -2.25. The fraction of sp³-hybridized carbons (Fsp3) is 0.231. The van der Waals surface area contributed by atoms with E-state index >= 15 is 0 Å². The Labute approximate surface area is 176 Å². The maximum atomic E-state index is 6.03. The molecular formula is C26H26N2O2. The predicted molar refractivity (Wildman–Crippen MR) is 120 cm³/mol. The first-order valence-corrected chi connectivity index (χ1v) is 10.4. The molecule has 30 heavy (non-hydrogen) atoms. The Hall–Kier alpha value is -3.24. The van der Waals surface area contributed by atoms with Crippen LogP contribution in [0.2, 0.25) is 0 Å². The second kappa shape index (κ2) is 7.88. The molecule has 0 fully saturated rings. The SMILES string of the molecule is COc1cc(C2NCCc3c2[nH]c2ccc(C)cc32)ccc1OCc1ccccc1. The lowest BCUT2D eigenvalue weighted by molar-refractivity contribution is 0.284. The summed E-state index contributed by atoms with van der Waals surface area (Å²) < 4.78 is 11.7. The Morgan fingerprint density at radius 1 is 0.967 bits per heavy atom. The zero-order valence-electron chi connectivity index (χ0n) is 17.4. The zero-order valence-corrected chi connectivity index (χ0v) is 17.4. The number of nitrogens with one attached hydrogen (secondary N) is 2. The van der Waals surface area contributed by atoms with Gasteiger partial charge in [-0.05, 0) is 54.3 Å². The molecule has 0 spiro atoms.